The zero-order valence-electron chi connectivity index (χ0n) is 11.9. The molecule has 0 aliphatic carbocycles. The number of rotatable bonds is 5. The normalized spacial score (nSPS) is 15.0. The molecule has 1 atom stereocenters. The molecule has 1 unspecified atom stereocenters. The SMILES string of the molecule is O=C(O)CCC(C(=O)O)N1Cc2cc3ccc(Br)cc3n2C1=O. The van der Waals surface area contributed by atoms with E-state index in [1.54, 1.807) is 6.07 Å². The highest BCUT2D eigenvalue weighted by atomic mass is 79.9. The van der Waals surface area contributed by atoms with Crippen LogP contribution in [0.25, 0.3) is 10.9 Å². The van der Waals surface area contributed by atoms with Crippen LogP contribution in [0.15, 0.2) is 28.7 Å². The smallest absolute Gasteiger partial charge is 0.330 e. The molecular formula is C15H13BrN2O5. The molecule has 0 spiro atoms. The van der Waals surface area contributed by atoms with Gasteiger partial charge in [-0.15, -0.1) is 0 Å². The van der Waals surface area contributed by atoms with Crippen LogP contribution in [0.2, 0.25) is 0 Å². The van der Waals surface area contributed by atoms with Crippen molar-refractivity contribution in [3.63, 3.8) is 0 Å². The van der Waals surface area contributed by atoms with E-state index in [9.17, 15) is 19.5 Å². The van der Waals surface area contributed by atoms with Crippen LogP contribution in [0.5, 0.6) is 0 Å². The molecule has 23 heavy (non-hydrogen) atoms. The lowest BCUT2D eigenvalue weighted by molar-refractivity contribution is -0.143. The molecule has 0 fully saturated rings. The number of amides is 1. The summed E-state index contributed by atoms with van der Waals surface area (Å²) in [5, 5.41) is 19.0. The minimum absolute atomic E-state index is 0.122. The molecule has 0 saturated heterocycles. The average molecular weight is 381 g/mol. The van der Waals surface area contributed by atoms with Crippen molar-refractivity contribution in [2.24, 2.45) is 0 Å². The molecule has 2 N–H and O–H groups in total. The van der Waals surface area contributed by atoms with Gasteiger partial charge in [-0.05, 0) is 24.6 Å². The molecule has 7 nitrogen and oxygen atoms in total. The van der Waals surface area contributed by atoms with Crippen LogP contribution in [0.1, 0.15) is 18.5 Å². The summed E-state index contributed by atoms with van der Waals surface area (Å²) >= 11 is 3.36. The Hall–Kier alpha value is -2.35. The molecule has 0 bridgehead atoms. The number of carbonyl (C=O) groups is 3. The maximum absolute atomic E-state index is 12.6. The number of carboxylic acids is 2. The number of carbonyl (C=O) groups excluding carboxylic acids is 1. The number of benzene rings is 1. The first-order chi connectivity index (χ1) is 10.9. The Morgan fingerprint density at radius 1 is 1.26 bits per heavy atom. The summed E-state index contributed by atoms with van der Waals surface area (Å²) in [6.45, 7) is 0.154. The molecule has 3 rings (SSSR count). The quantitative estimate of drug-likeness (QED) is 0.829. The Labute approximate surface area is 139 Å². The lowest BCUT2D eigenvalue weighted by Crippen LogP contribution is -2.42. The number of halogens is 1. The first kappa shape index (κ1) is 15.5. The highest BCUT2D eigenvalue weighted by Gasteiger charge is 2.37. The highest BCUT2D eigenvalue weighted by Crippen LogP contribution is 2.30. The van der Waals surface area contributed by atoms with Gasteiger partial charge in [-0.2, -0.15) is 0 Å². The van der Waals surface area contributed by atoms with E-state index in [1.165, 1.54) is 9.47 Å². The van der Waals surface area contributed by atoms with Gasteiger partial charge in [0.05, 0.1) is 12.1 Å². The first-order valence-corrected chi connectivity index (χ1v) is 7.73. The van der Waals surface area contributed by atoms with Crippen LogP contribution in [-0.4, -0.2) is 43.7 Å². The van der Waals surface area contributed by atoms with Crippen molar-refractivity contribution in [3.05, 3.63) is 34.4 Å². The van der Waals surface area contributed by atoms with Gasteiger partial charge in [-0.25, -0.2) is 9.59 Å². The zero-order chi connectivity index (χ0) is 16.7. The summed E-state index contributed by atoms with van der Waals surface area (Å²) < 4.78 is 2.30. The van der Waals surface area contributed by atoms with Crippen molar-refractivity contribution in [1.29, 1.82) is 0 Å². The first-order valence-electron chi connectivity index (χ1n) is 6.94. The minimum atomic E-state index is -1.20. The van der Waals surface area contributed by atoms with E-state index >= 15 is 0 Å². The minimum Gasteiger partial charge on any atom is -0.481 e. The number of hydrogen-bond donors (Lipinski definition) is 2. The van der Waals surface area contributed by atoms with Gasteiger partial charge in [-0.3, -0.25) is 9.36 Å². The van der Waals surface area contributed by atoms with Gasteiger partial charge in [0.25, 0.3) is 0 Å². The summed E-state index contributed by atoms with van der Waals surface area (Å²) in [7, 11) is 0. The summed E-state index contributed by atoms with van der Waals surface area (Å²) in [6, 6.07) is 5.80. The average Bonchev–Trinajstić information content (AvgIpc) is 2.96. The Morgan fingerprint density at radius 2 is 2.00 bits per heavy atom. The maximum atomic E-state index is 12.6. The van der Waals surface area contributed by atoms with E-state index in [0.29, 0.717) is 11.2 Å². The fraction of sp³-hybridized carbons (Fsp3) is 0.267. The fourth-order valence-electron chi connectivity index (χ4n) is 2.86. The number of hydrogen-bond acceptors (Lipinski definition) is 3. The molecule has 1 amide bonds. The van der Waals surface area contributed by atoms with Gasteiger partial charge in [-0.1, -0.05) is 22.0 Å². The Morgan fingerprint density at radius 3 is 2.65 bits per heavy atom. The number of nitrogens with zero attached hydrogens (tertiary/aromatic N) is 2. The molecule has 1 aromatic heterocycles. The second-order valence-electron chi connectivity index (χ2n) is 5.37. The molecule has 8 heteroatoms. The number of aliphatic carboxylic acids is 2. The monoisotopic (exact) mass is 380 g/mol. The molecule has 0 radical (unpaired) electrons. The van der Waals surface area contributed by atoms with Gasteiger partial charge in [0.2, 0.25) is 0 Å². The van der Waals surface area contributed by atoms with E-state index in [4.69, 9.17) is 5.11 Å². The molecule has 2 heterocycles. The molecule has 120 valence electrons. The Balaban J connectivity index is 1.94. The van der Waals surface area contributed by atoms with Crippen LogP contribution >= 0.6 is 15.9 Å². The summed E-state index contributed by atoms with van der Waals surface area (Å²) in [5.41, 5.74) is 1.40. The number of carboxylic acid groups (broad SMARTS) is 2. The standard InChI is InChI=1S/C15H13BrN2O5/c16-9-2-1-8-5-10-7-17(15(23)18(10)12(8)6-9)11(14(21)22)3-4-13(19)20/h1-2,5-6,11H,3-4,7H2,(H,19,20)(H,21,22). The largest absolute Gasteiger partial charge is 0.481 e. The van der Waals surface area contributed by atoms with E-state index in [2.05, 4.69) is 15.9 Å². The highest BCUT2D eigenvalue weighted by molar-refractivity contribution is 9.10. The molecule has 1 aromatic carbocycles. The van der Waals surface area contributed by atoms with Gasteiger partial charge in [0, 0.05) is 22.0 Å². The predicted molar refractivity (Wildman–Crippen MR) is 84.3 cm³/mol. The van der Waals surface area contributed by atoms with Crippen molar-refractivity contribution < 1.29 is 24.6 Å². The van der Waals surface area contributed by atoms with Crippen molar-refractivity contribution in [1.82, 2.24) is 9.47 Å². The van der Waals surface area contributed by atoms with Crippen LogP contribution in [-0.2, 0) is 16.1 Å². The molecule has 1 aliphatic heterocycles. The van der Waals surface area contributed by atoms with E-state index in [-0.39, 0.29) is 19.4 Å². The third kappa shape index (κ3) is 2.70. The van der Waals surface area contributed by atoms with E-state index in [0.717, 1.165) is 9.86 Å². The second-order valence-corrected chi connectivity index (χ2v) is 6.29. The summed E-state index contributed by atoms with van der Waals surface area (Å²) in [4.78, 5) is 36.0. The molecule has 0 saturated carbocycles. The summed E-state index contributed by atoms with van der Waals surface area (Å²) in [5.74, 6) is -2.28. The lowest BCUT2D eigenvalue weighted by atomic mass is 10.1. The Bertz CT molecular complexity index is 829. The maximum Gasteiger partial charge on any atom is 0.330 e. The molecule has 1 aliphatic rings. The van der Waals surface area contributed by atoms with Crippen LogP contribution < -0.4 is 0 Å². The van der Waals surface area contributed by atoms with Gasteiger partial charge >= 0.3 is 18.0 Å². The van der Waals surface area contributed by atoms with Crippen molar-refractivity contribution in [2.45, 2.75) is 25.4 Å². The lowest BCUT2D eigenvalue weighted by Gasteiger charge is -2.23. The number of aromatic nitrogens is 1. The van der Waals surface area contributed by atoms with Crippen molar-refractivity contribution in [2.75, 3.05) is 0 Å². The topological polar surface area (TPSA) is 99.8 Å². The van der Waals surface area contributed by atoms with Gasteiger partial charge in [0.1, 0.15) is 6.04 Å². The van der Waals surface area contributed by atoms with Crippen molar-refractivity contribution in [3.8, 4) is 0 Å². The van der Waals surface area contributed by atoms with Crippen LogP contribution in [0.4, 0.5) is 4.79 Å². The van der Waals surface area contributed by atoms with Crippen molar-refractivity contribution >= 4 is 44.8 Å². The predicted octanol–water partition coefficient (Wildman–Crippen LogP) is 2.51. The van der Waals surface area contributed by atoms with E-state index in [1.807, 2.05) is 18.2 Å². The Kier molecular flexibility index (Phi) is 3.85. The second kappa shape index (κ2) is 5.69. The van der Waals surface area contributed by atoms with Crippen LogP contribution in [0.3, 0.4) is 0 Å². The third-order valence-corrected chi connectivity index (χ3v) is 4.40. The third-order valence-electron chi connectivity index (χ3n) is 3.90. The van der Waals surface area contributed by atoms with Gasteiger partial charge in [0.15, 0.2) is 0 Å². The fourth-order valence-corrected chi connectivity index (χ4v) is 3.21. The zero-order valence-corrected chi connectivity index (χ0v) is 13.5. The number of fused-ring (bicyclic) bond motifs is 3. The molecule has 2 aromatic rings. The molecular weight excluding hydrogens is 368 g/mol. The van der Waals surface area contributed by atoms with Crippen LogP contribution in [0, 0.1) is 0 Å². The van der Waals surface area contributed by atoms with E-state index < -0.39 is 24.0 Å². The van der Waals surface area contributed by atoms with Gasteiger partial charge < -0.3 is 15.1 Å². The summed E-state index contributed by atoms with van der Waals surface area (Å²) in [6.07, 6.45) is -0.426.